The van der Waals surface area contributed by atoms with Gasteiger partial charge in [0.05, 0.1) is 24.5 Å². The molecule has 2 aromatic rings. The lowest BCUT2D eigenvalue weighted by Crippen LogP contribution is -2.44. The number of ether oxygens (including phenoxy) is 2. The third kappa shape index (κ3) is 6.85. The second-order valence-corrected chi connectivity index (χ2v) is 10.2. The van der Waals surface area contributed by atoms with Gasteiger partial charge in [-0.2, -0.15) is 0 Å². The zero-order valence-corrected chi connectivity index (χ0v) is 23.1. The molecule has 2 N–H and O–H groups in total. The van der Waals surface area contributed by atoms with Crippen LogP contribution in [0.1, 0.15) is 37.3 Å². The lowest BCUT2D eigenvalue weighted by molar-refractivity contribution is -0.128. The fourth-order valence-electron chi connectivity index (χ4n) is 4.20. The predicted octanol–water partition coefficient (Wildman–Crippen LogP) is 3.02. The maximum atomic E-state index is 13.5. The number of aliphatic imine (C=N–C) groups is 2. The molecule has 206 valence electrons. The van der Waals surface area contributed by atoms with Crippen molar-refractivity contribution in [2.24, 2.45) is 9.98 Å². The van der Waals surface area contributed by atoms with Gasteiger partial charge in [0.15, 0.2) is 5.17 Å². The molecule has 10 nitrogen and oxygen atoms in total. The minimum Gasteiger partial charge on any atom is -0.497 e. The number of amidine groups is 2. The molecule has 0 radical (unpaired) electrons. The minimum absolute atomic E-state index is 0.0910. The number of nitrogens with one attached hydrogen (secondary N) is 2. The van der Waals surface area contributed by atoms with Crippen molar-refractivity contribution in [1.29, 1.82) is 0 Å². The molecule has 0 spiro atoms. The van der Waals surface area contributed by atoms with Crippen LogP contribution in [0.2, 0.25) is 0 Å². The largest absolute Gasteiger partial charge is 0.497 e. The highest BCUT2D eigenvalue weighted by Gasteiger charge is 2.43. The van der Waals surface area contributed by atoms with Crippen molar-refractivity contribution >= 4 is 46.2 Å². The van der Waals surface area contributed by atoms with Crippen molar-refractivity contribution in [3.63, 3.8) is 0 Å². The third-order valence-corrected chi connectivity index (χ3v) is 7.63. The third-order valence-electron chi connectivity index (χ3n) is 6.31. The lowest BCUT2D eigenvalue weighted by Gasteiger charge is -2.27. The van der Waals surface area contributed by atoms with Gasteiger partial charge in [-0.1, -0.05) is 43.0 Å². The van der Waals surface area contributed by atoms with Crippen LogP contribution in [0.25, 0.3) is 0 Å². The number of fused-ring (bicyclic) bond motifs is 3. The molecule has 0 saturated carbocycles. The average molecular weight is 552 g/mol. The first kappa shape index (κ1) is 28.3. The van der Waals surface area contributed by atoms with Crippen LogP contribution in [0.5, 0.6) is 5.75 Å². The van der Waals surface area contributed by atoms with Crippen LogP contribution in [-0.4, -0.2) is 72.3 Å². The van der Waals surface area contributed by atoms with Crippen LogP contribution in [0.15, 0.2) is 58.5 Å². The van der Waals surface area contributed by atoms with Crippen molar-refractivity contribution in [1.82, 2.24) is 15.5 Å². The van der Waals surface area contributed by atoms with Crippen molar-refractivity contribution in [2.75, 3.05) is 27.4 Å². The summed E-state index contributed by atoms with van der Waals surface area (Å²) in [5.41, 5.74) is 2.30. The number of carbonyl (C=O) groups excluding carboxylic acids is 3. The van der Waals surface area contributed by atoms with Crippen molar-refractivity contribution < 1.29 is 23.9 Å². The van der Waals surface area contributed by atoms with E-state index in [1.807, 2.05) is 55.5 Å². The summed E-state index contributed by atoms with van der Waals surface area (Å²) in [6, 6.07) is 13.9. The Morgan fingerprint density at radius 3 is 2.59 bits per heavy atom. The molecule has 2 aliphatic rings. The van der Waals surface area contributed by atoms with Gasteiger partial charge in [-0.05, 0) is 42.7 Å². The van der Waals surface area contributed by atoms with Gasteiger partial charge in [-0.25, -0.2) is 9.89 Å². The number of methoxy groups -OCH3 is 2. The molecule has 4 rings (SSSR count). The van der Waals surface area contributed by atoms with Crippen molar-refractivity contribution in [3.05, 3.63) is 59.7 Å². The maximum absolute atomic E-state index is 13.5. The van der Waals surface area contributed by atoms with E-state index in [0.717, 1.165) is 11.3 Å². The Kier molecular flexibility index (Phi) is 9.72. The zero-order chi connectivity index (χ0) is 27.8. The molecular formula is C28H33N5O5S. The molecule has 2 atom stereocenters. The van der Waals surface area contributed by atoms with E-state index in [9.17, 15) is 14.4 Å². The highest BCUT2D eigenvalue weighted by atomic mass is 32.2. The number of benzene rings is 2. The van der Waals surface area contributed by atoms with Crippen molar-refractivity contribution in [2.45, 2.75) is 44.0 Å². The number of para-hydroxylation sites is 1. The van der Waals surface area contributed by atoms with E-state index in [4.69, 9.17) is 14.5 Å². The molecule has 0 unspecified atom stereocenters. The average Bonchev–Trinajstić information content (AvgIpc) is 3.28. The van der Waals surface area contributed by atoms with Gasteiger partial charge < -0.3 is 20.1 Å². The summed E-state index contributed by atoms with van der Waals surface area (Å²) in [4.78, 5) is 50.0. The number of hydrogen-bond donors (Lipinski definition) is 2. The van der Waals surface area contributed by atoms with Gasteiger partial charge in [0, 0.05) is 32.4 Å². The van der Waals surface area contributed by atoms with Crippen LogP contribution in [-0.2, 0) is 25.7 Å². The van der Waals surface area contributed by atoms with E-state index in [0.29, 0.717) is 54.8 Å². The second-order valence-electron chi connectivity index (χ2n) is 9.03. The number of carbonyl (C=O) groups is 3. The van der Waals surface area contributed by atoms with Crippen LogP contribution in [0.4, 0.5) is 5.69 Å². The Balaban J connectivity index is 1.46. The number of thioether (sulfide) groups is 1. The Morgan fingerprint density at radius 2 is 1.87 bits per heavy atom. The van der Waals surface area contributed by atoms with E-state index in [1.165, 1.54) is 16.7 Å². The fraction of sp³-hybridized carbons (Fsp3) is 0.393. The number of hydrogen-bond acceptors (Lipinski definition) is 8. The molecule has 0 fully saturated rings. The molecule has 3 amide bonds. The first-order valence-electron chi connectivity index (χ1n) is 12.9. The molecule has 2 aliphatic heterocycles. The molecule has 0 aliphatic carbocycles. The van der Waals surface area contributed by atoms with Gasteiger partial charge in [-0.15, -0.1) is 0 Å². The summed E-state index contributed by atoms with van der Waals surface area (Å²) in [5.74, 6) is 0.449. The molecule has 0 saturated heterocycles. The molecule has 39 heavy (non-hydrogen) atoms. The maximum Gasteiger partial charge on any atom is 0.259 e. The van der Waals surface area contributed by atoms with E-state index in [2.05, 4.69) is 15.6 Å². The quantitative estimate of drug-likeness (QED) is 0.391. The summed E-state index contributed by atoms with van der Waals surface area (Å²) in [7, 11) is 3.22. The molecule has 2 heterocycles. The van der Waals surface area contributed by atoms with Gasteiger partial charge in [0.25, 0.3) is 5.91 Å². The number of amides is 3. The Hall–Kier alpha value is -3.70. The Morgan fingerprint density at radius 1 is 1.10 bits per heavy atom. The summed E-state index contributed by atoms with van der Waals surface area (Å²) >= 11 is 1.23. The van der Waals surface area contributed by atoms with Gasteiger partial charge in [-0.3, -0.25) is 19.4 Å². The van der Waals surface area contributed by atoms with Crippen LogP contribution in [0, 0.1) is 0 Å². The molecule has 11 heteroatoms. The monoisotopic (exact) mass is 551 g/mol. The zero-order valence-electron chi connectivity index (χ0n) is 22.3. The van der Waals surface area contributed by atoms with Crippen LogP contribution >= 0.6 is 11.8 Å². The lowest BCUT2D eigenvalue weighted by atomic mass is 10.1. The number of rotatable bonds is 12. The first-order chi connectivity index (χ1) is 18.9. The minimum atomic E-state index is -0.879. The second kappa shape index (κ2) is 13.4. The Labute approximate surface area is 232 Å². The van der Waals surface area contributed by atoms with Crippen LogP contribution < -0.4 is 15.4 Å². The SMILES string of the molecule is CC[C@H](SC1=Nc2ccccc2C2=N[C@H](CC(=O)NCc3ccc(OC)cc3)C(=O)N12)C(=O)NCCCOC. The van der Waals surface area contributed by atoms with Crippen molar-refractivity contribution in [3.8, 4) is 5.75 Å². The summed E-state index contributed by atoms with van der Waals surface area (Å²) in [6.45, 7) is 3.31. The van der Waals surface area contributed by atoms with E-state index in [1.54, 1.807) is 14.2 Å². The number of nitrogens with zero attached hydrogens (tertiary/aromatic N) is 3. The normalized spacial score (nSPS) is 16.5. The highest BCUT2D eigenvalue weighted by molar-refractivity contribution is 8.15. The fourth-order valence-corrected chi connectivity index (χ4v) is 5.24. The summed E-state index contributed by atoms with van der Waals surface area (Å²) < 4.78 is 10.2. The summed E-state index contributed by atoms with van der Waals surface area (Å²) in [5, 5.41) is 5.73. The van der Waals surface area contributed by atoms with E-state index >= 15 is 0 Å². The van der Waals surface area contributed by atoms with Gasteiger partial charge >= 0.3 is 0 Å². The molecule has 0 bridgehead atoms. The van der Waals surface area contributed by atoms with E-state index in [-0.39, 0.29) is 24.1 Å². The Bertz CT molecular complexity index is 1260. The molecular weight excluding hydrogens is 518 g/mol. The standard InChI is InChI=1S/C28H33N5O5S/c1-4-23(26(35)29-14-7-15-37-2)39-28-32-21-9-6-5-8-20(21)25-31-22(27(36)33(25)28)16-24(34)30-17-18-10-12-19(38-3)13-11-18/h5-6,8-13,22-23H,4,7,14-17H2,1-3H3,(H,29,35)(H,30,34)/t22-,23+/m1/s1. The van der Waals surface area contributed by atoms with Gasteiger partial charge in [0.2, 0.25) is 11.8 Å². The van der Waals surface area contributed by atoms with Crippen LogP contribution in [0.3, 0.4) is 0 Å². The highest BCUT2D eigenvalue weighted by Crippen LogP contribution is 2.35. The predicted molar refractivity (Wildman–Crippen MR) is 151 cm³/mol. The topological polar surface area (TPSA) is 122 Å². The summed E-state index contributed by atoms with van der Waals surface area (Å²) in [6.07, 6.45) is 1.17. The molecule has 2 aromatic carbocycles. The van der Waals surface area contributed by atoms with E-state index < -0.39 is 11.3 Å². The smallest absolute Gasteiger partial charge is 0.259 e. The van der Waals surface area contributed by atoms with Gasteiger partial charge in [0.1, 0.15) is 17.6 Å². The molecule has 0 aromatic heterocycles. The first-order valence-corrected chi connectivity index (χ1v) is 13.8.